The predicted octanol–water partition coefficient (Wildman–Crippen LogP) is 2.19. The first-order valence-electron chi connectivity index (χ1n) is 6.68. The van der Waals surface area contributed by atoms with Crippen molar-refractivity contribution in [3.8, 4) is 5.75 Å². The van der Waals surface area contributed by atoms with Gasteiger partial charge in [-0.25, -0.2) is 4.79 Å². The molecule has 20 heavy (non-hydrogen) atoms. The molecular formula is C14H17N3O3. The van der Waals surface area contributed by atoms with Crippen LogP contribution < -0.4 is 4.74 Å². The molecule has 1 aromatic carbocycles. The van der Waals surface area contributed by atoms with Gasteiger partial charge in [0.05, 0.1) is 31.4 Å². The summed E-state index contributed by atoms with van der Waals surface area (Å²) in [5, 5.41) is 14.6. The molecule has 106 valence electrons. The second-order valence-electron chi connectivity index (χ2n) is 5.02. The van der Waals surface area contributed by atoms with E-state index in [1.165, 1.54) is 4.90 Å². The van der Waals surface area contributed by atoms with Gasteiger partial charge in [0, 0.05) is 18.0 Å². The molecular weight excluding hydrogens is 258 g/mol. The van der Waals surface area contributed by atoms with Crippen LogP contribution in [0.2, 0.25) is 0 Å². The maximum absolute atomic E-state index is 11.2. The normalized spacial score (nSPS) is 18.6. The number of hydrogen-bond acceptors (Lipinski definition) is 3. The number of rotatable bonds is 3. The molecule has 0 saturated carbocycles. The van der Waals surface area contributed by atoms with E-state index < -0.39 is 6.09 Å². The minimum absolute atomic E-state index is 0.00167. The van der Waals surface area contributed by atoms with Crippen molar-refractivity contribution in [3.05, 3.63) is 24.4 Å². The summed E-state index contributed by atoms with van der Waals surface area (Å²) >= 11 is 0. The number of benzene rings is 1. The topological polar surface area (TPSA) is 67.6 Å². The van der Waals surface area contributed by atoms with Crippen LogP contribution in [0.4, 0.5) is 4.79 Å². The lowest BCUT2D eigenvalue weighted by Crippen LogP contribution is -2.37. The van der Waals surface area contributed by atoms with Crippen LogP contribution >= 0.6 is 0 Å². The Bertz CT molecular complexity index is 638. The van der Waals surface area contributed by atoms with Gasteiger partial charge in [-0.1, -0.05) is 0 Å². The first kappa shape index (κ1) is 12.8. The number of carboxylic acid groups (broad SMARTS) is 1. The van der Waals surface area contributed by atoms with Crippen LogP contribution in [0.15, 0.2) is 24.4 Å². The Balaban J connectivity index is 1.88. The number of amides is 1. The van der Waals surface area contributed by atoms with Crippen LogP contribution in [0.1, 0.15) is 12.8 Å². The number of methoxy groups -OCH3 is 1. The van der Waals surface area contributed by atoms with E-state index >= 15 is 0 Å². The molecule has 3 rings (SSSR count). The van der Waals surface area contributed by atoms with E-state index in [0.717, 1.165) is 29.5 Å². The van der Waals surface area contributed by atoms with E-state index in [-0.39, 0.29) is 6.04 Å². The van der Waals surface area contributed by atoms with Crippen LogP contribution in [0.5, 0.6) is 5.75 Å². The fourth-order valence-electron chi connectivity index (χ4n) is 2.80. The van der Waals surface area contributed by atoms with E-state index in [9.17, 15) is 9.90 Å². The summed E-state index contributed by atoms with van der Waals surface area (Å²) in [6.45, 7) is 1.20. The molecule has 0 aliphatic carbocycles. The SMILES string of the molecule is COc1ccc2cnn(C[C@H]3CCCN3C(=O)O)c2c1. The molecule has 0 radical (unpaired) electrons. The molecule has 0 bridgehead atoms. The zero-order valence-corrected chi connectivity index (χ0v) is 11.3. The summed E-state index contributed by atoms with van der Waals surface area (Å²) in [5.41, 5.74) is 0.974. The van der Waals surface area contributed by atoms with Gasteiger partial charge in [0.2, 0.25) is 0 Å². The van der Waals surface area contributed by atoms with Gasteiger partial charge in [-0.05, 0) is 25.0 Å². The molecule has 1 aromatic heterocycles. The molecule has 1 fully saturated rings. The average molecular weight is 275 g/mol. The second kappa shape index (κ2) is 5.03. The maximum atomic E-state index is 11.2. The standard InChI is InChI=1S/C14H17N3O3/c1-20-12-5-4-10-8-15-17(13(10)7-12)9-11-3-2-6-16(11)14(18)19/h4-5,7-8,11H,2-3,6,9H2,1H3,(H,18,19)/t11-/m1/s1. The number of hydrogen-bond donors (Lipinski definition) is 1. The van der Waals surface area contributed by atoms with Gasteiger partial charge >= 0.3 is 6.09 Å². The van der Waals surface area contributed by atoms with E-state index in [1.54, 1.807) is 13.3 Å². The largest absolute Gasteiger partial charge is 0.497 e. The van der Waals surface area contributed by atoms with Crippen LogP contribution in [0.25, 0.3) is 10.9 Å². The minimum Gasteiger partial charge on any atom is -0.497 e. The van der Waals surface area contributed by atoms with E-state index in [0.29, 0.717) is 13.1 Å². The van der Waals surface area contributed by atoms with Gasteiger partial charge in [-0.2, -0.15) is 5.10 Å². The number of aromatic nitrogens is 2. The van der Waals surface area contributed by atoms with Crippen molar-refractivity contribution in [2.75, 3.05) is 13.7 Å². The van der Waals surface area contributed by atoms with Crippen molar-refractivity contribution in [1.29, 1.82) is 0 Å². The number of ether oxygens (including phenoxy) is 1. The Hall–Kier alpha value is -2.24. The first-order valence-corrected chi connectivity index (χ1v) is 6.68. The van der Waals surface area contributed by atoms with Crippen molar-refractivity contribution in [1.82, 2.24) is 14.7 Å². The third-order valence-electron chi connectivity index (χ3n) is 3.86. The number of fused-ring (bicyclic) bond motifs is 1. The molecule has 1 amide bonds. The molecule has 1 atom stereocenters. The number of likely N-dealkylation sites (tertiary alicyclic amines) is 1. The molecule has 1 saturated heterocycles. The molecule has 0 unspecified atom stereocenters. The van der Waals surface area contributed by atoms with Crippen LogP contribution in [-0.2, 0) is 6.54 Å². The highest BCUT2D eigenvalue weighted by atomic mass is 16.5. The van der Waals surface area contributed by atoms with Crippen molar-refractivity contribution >= 4 is 17.0 Å². The highest BCUT2D eigenvalue weighted by Crippen LogP contribution is 2.23. The minimum atomic E-state index is -0.846. The van der Waals surface area contributed by atoms with E-state index in [2.05, 4.69) is 5.10 Å². The second-order valence-corrected chi connectivity index (χ2v) is 5.02. The van der Waals surface area contributed by atoms with Crippen LogP contribution in [-0.4, -0.2) is 45.6 Å². The Morgan fingerprint density at radius 2 is 2.40 bits per heavy atom. The van der Waals surface area contributed by atoms with Crippen molar-refractivity contribution in [2.45, 2.75) is 25.4 Å². The lowest BCUT2D eigenvalue weighted by molar-refractivity contribution is 0.135. The molecule has 2 heterocycles. The molecule has 1 aliphatic rings. The third kappa shape index (κ3) is 2.17. The van der Waals surface area contributed by atoms with Gasteiger partial charge in [0.15, 0.2) is 0 Å². The van der Waals surface area contributed by atoms with Gasteiger partial charge in [0.1, 0.15) is 5.75 Å². The van der Waals surface area contributed by atoms with Gasteiger partial charge < -0.3 is 14.7 Å². The zero-order chi connectivity index (χ0) is 14.1. The summed E-state index contributed by atoms with van der Waals surface area (Å²) in [6.07, 6.45) is 2.76. The Labute approximate surface area is 116 Å². The molecule has 1 aliphatic heterocycles. The maximum Gasteiger partial charge on any atom is 0.407 e. The molecule has 0 spiro atoms. The molecule has 6 nitrogen and oxygen atoms in total. The van der Waals surface area contributed by atoms with Gasteiger partial charge in [0.25, 0.3) is 0 Å². The molecule has 2 aromatic rings. The summed E-state index contributed by atoms with van der Waals surface area (Å²) < 4.78 is 7.10. The highest BCUT2D eigenvalue weighted by Gasteiger charge is 2.29. The summed E-state index contributed by atoms with van der Waals surface area (Å²) in [4.78, 5) is 12.7. The highest BCUT2D eigenvalue weighted by molar-refractivity contribution is 5.80. The number of carbonyl (C=O) groups is 1. The Morgan fingerprint density at radius 1 is 1.55 bits per heavy atom. The lowest BCUT2D eigenvalue weighted by atomic mass is 10.2. The zero-order valence-electron chi connectivity index (χ0n) is 11.3. The quantitative estimate of drug-likeness (QED) is 0.932. The fourth-order valence-corrected chi connectivity index (χ4v) is 2.80. The van der Waals surface area contributed by atoms with Crippen LogP contribution in [0, 0.1) is 0 Å². The Morgan fingerprint density at radius 3 is 3.15 bits per heavy atom. The van der Waals surface area contributed by atoms with Crippen molar-refractivity contribution in [3.63, 3.8) is 0 Å². The fraction of sp³-hybridized carbons (Fsp3) is 0.429. The van der Waals surface area contributed by atoms with Crippen molar-refractivity contribution in [2.24, 2.45) is 0 Å². The van der Waals surface area contributed by atoms with Gasteiger partial charge in [-0.15, -0.1) is 0 Å². The first-order chi connectivity index (χ1) is 9.69. The third-order valence-corrected chi connectivity index (χ3v) is 3.86. The Kier molecular flexibility index (Phi) is 3.22. The molecule has 1 N–H and O–H groups in total. The lowest BCUT2D eigenvalue weighted by Gasteiger charge is -2.21. The summed E-state index contributed by atoms with van der Waals surface area (Å²) in [7, 11) is 1.63. The predicted molar refractivity (Wildman–Crippen MR) is 74.0 cm³/mol. The van der Waals surface area contributed by atoms with Crippen LogP contribution in [0.3, 0.4) is 0 Å². The van der Waals surface area contributed by atoms with Gasteiger partial charge in [-0.3, -0.25) is 4.68 Å². The average Bonchev–Trinajstić information content (AvgIpc) is 3.06. The molecule has 6 heteroatoms. The summed E-state index contributed by atoms with van der Waals surface area (Å²) in [6, 6.07) is 5.79. The smallest absolute Gasteiger partial charge is 0.407 e. The number of nitrogens with zero attached hydrogens (tertiary/aromatic N) is 3. The summed E-state index contributed by atoms with van der Waals surface area (Å²) in [5.74, 6) is 0.778. The monoisotopic (exact) mass is 275 g/mol. The van der Waals surface area contributed by atoms with E-state index in [1.807, 2.05) is 22.9 Å². The van der Waals surface area contributed by atoms with E-state index in [4.69, 9.17) is 4.74 Å². The van der Waals surface area contributed by atoms with Crippen molar-refractivity contribution < 1.29 is 14.6 Å².